The molecule has 8 heteroatoms. The molecule has 0 aliphatic carbocycles. The molecule has 0 aromatic heterocycles. The van der Waals surface area contributed by atoms with Gasteiger partial charge in [-0.3, -0.25) is 14.7 Å². The molecule has 33 heavy (non-hydrogen) atoms. The van der Waals surface area contributed by atoms with Crippen LogP contribution in [0.2, 0.25) is 0 Å². The maximum Gasteiger partial charge on any atom is 0.243 e. The molecule has 7 nitrogen and oxygen atoms in total. The van der Waals surface area contributed by atoms with Crippen LogP contribution < -0.4 is 10.6 Å². The van der Waals surface area contributed by atoms with Crippen LogP contribution in [0.5, 0.6) is 0 Å². The maximum atomic E-state index is 12.5. The Morgan fingerprint density at radius 2 is 1.91 bits per heavy atom. The van der Waals surface area contributed by atoms with Gasteiger partial charge >= 0.3 is 0 Å². The second kappa shape index (κ2) is 12.3. The number of hydrogen-bond acceptors (Lipinski definition) is 4. The maximum absolute atomic E-state index is 12.5. The number of aryl methyl sites for hydroxylation is 1. The van der Waals surface area contributed by atoms with Crippen molar-refractivity contribution in [3.63, 3.8) is 0 Å². The van der Waals surface area contributed by atoms with Crippen LogP contribution in [0.4, 0.5) is 5.69 Å². The highest BCUT2D eigenvalue weighted by Crippen LogP contribution is 2.24. The summed E-state index contributed by atoms with van der Waals surface area (Å²) in [6, 6.07) is 18.8. The fraction of sp³-hybridized carbons (Fsp3) is 0.440. The van der Waals surface area contributed by atoms with Crippen LogP contribution in [0.1, 0.15) is 18.1 Å². The van der Waals surface area contributed by atoms with Crippen LogP contribution in [-0.4, -0.2) is 73.6 Å². The van der Waals surface area contributed by atoms with Gasteiger partial charge in [-0.2, -0.15) is 0 Å². The highest BCUT2D eigenvalue weighted by atomic mass is 127. The average molecular weight is 563 g/mol. The summed E-state index contributed by atoms with van der Waals surface area (Å²) < 4.78 is 6.08. The second-order valence-corrected chi connectivity index (χ2v) is 8.34. The van der Waals surface area contributed by atoms with E-state index in [0.29, 0.717) is 6.04 Å². The molecule has 2 aliphatic rings. The second-order valence-electron chi connectivity index (χ2n) is 8.34. The number of amides is 1. The first kappa shape index (κ1) is 25.5. The lowest BCUT2D eigenvalue weighted by atomic mass is 10.1. The number of benzene rings is 2. The number of aliphatic imine (C=N–C) groups is 1. The molecule has 178 valence electrons. The zero-order valence-electron chi connectivity index (χ0n) is 19.4. The van der Waals surface area contributed by atoms with E-state index in [1.165, 1.54) is 11.1 Å². The monoisotopic (exact) mass is 563 g/mol. The number of ether oxygens (including phenoxy) is 1. The lowest BCUT2D eigenvalue weighted by Crippen LogP contribution is -2.50. The summed E-state index contributed by atoms with van der Waals surface area (Å²) in [5.74, 6) is 0.651. The fourth-order valence-corrected chi connectivity index (χ4v) is 4.51. The Balaban J connectivity index is 0.00000306. The summed E-state index contributed by atoms with van der Waals surface area (Å²) in [5, 5.41) is 6.19. The van der Waals surface area contributed by atoms with Gasteiger partial charge in [0.15, 0.2) is 5.96 Å². The summed E-state index contributed by atoms with van der Waals surface area (Å²) in [5.41, 5.74) is 3.34. The van der Waals surface area contributed by atoms with Crippen LogP contribution in [0.25, 0.3) is 0 Å². The van der Waals surface area contributed by atoms with Crippen LogP contribution in [0.15, 0.2) is 59.6 Å². The Hall–Kier alpha value is -2.17. The lowest BCUT2D eigenvalue weighted by molar-refractivity contribution is -0.115. The van der Waals surface area contributed by atoms with Crippen molar-refractivity contribution in [2.24, 2.45) is 4.99 Å². The van der Waals surface area contributed by atoms with Gasteiger partial charge in [0.05, 0.1) is 25.3 Å². The average Bonchev–Trinajstić information content (AvgIpc) is 3.25. The summed E-state index contributed by atoms with van der Waals surface area (Å²) in [7, 11) is 1.76. The zero-order chi connectivity index (χ0) is 22.3. The molecule has 2 atom stereocenters. The van der Waals surface area contributed by atoms with Gasteiger partial charge in [0.1, 0.15) is 0 Å². The zero-order valence-corrected chi connectivity index (χ0v) is 21.7. The molecule has 4 rings (SSSR count). The van der Waals surface area contributed by atoms with E-state index in [9.17, 15) is 4.79 Å². The normalized spacial score (nSPS) is 20.7. The van der Waals surface area contributed by atoms with E-state index in [1.807, 2.05) is 18.2 Å². The molecule has 2 unspecified atom stereocenters. The van der Waals surface area contributed by atoms with Crippen molar-refractivity contribution in [1.82, 2.24) is 15.1 Å². The Bertz CT molecular complexity index is 939. The van der Waals surface area contributed by atoms with E-state index >= 15 is 0 Å². The van der Waals surface area contributed by atoms with Crippen molar-refractivity contribution >= 4 is 41.5 Å². The summed E-state index contributed by atoms with van der Waals surface area (Å²) in [6.45, 7) is 6.47. The molecule has 2 heterocycles. The van der Waals surface area contributed by atoms with Crippen LogP contribution in [-0.2, 0) is 22.5 Å². The largest absolute Gasteiger partial charge is 0.373 e. The number of rotatable bonds is 6. The van der Waals surface area contributed by atoms with Crippen LogP contribution in [0, 0.1) is 0 Å². The van der Waals surface area contributed by atoms with E-state index < -0.39 is 0 Å². The van der Waals surface area contributed by atoms with Gasteiger partial charge in [0.25, 0.3) is 0 Å². The van der Waals surface area contributed by atoms with Crippen LogP contribution >= 0.6 is 24.0 Å². The van der Waals surface area contributed by atoms with Crippen molar-refractivity contribution in [3.8, 4) is 0 Å². The van der Waals surface area contributed by atoms with Crippen molar-refractivity contribution < 1.29 is 9.53 Å². The molecular weight excluding hydrogens is 529 g/mol. The topological polar surface area (TPSA) is 69.2 Å². The number of halogens is 1. The van der Waals surface area contributed by atoms with Crippen molar-refractivity contribution in [3.05, 3.63) is 65.7 Å². The smallest absolute Gasteiger partial charge is 0.243 e. The predicted molar refractivity (Wildman–Crippen MR) is 143 cm³/mol. The first-order valence-corrected chi connectivity index (χ1v) is 11.4. The lowest BCUT2D eigenvalue weighted by Gasteiger charge is -2.36. The molecule has 2 saturated heterocycles. The summed E-state index contributed by atoms with van der Waals surface area (Å²) in [6.07, 6.45) is 1.09. The van der Waals surface area contributed by atoms with E-state index in [4.69, 9.17) is 4.74 Å². The third-order valence-corrected chi connectivity index (χ3v) is 6.18. The van der Waals surface area contributed by atoms with Gasteiger partial charge in [0.2, 0.25) is 5.91 Å². The number of anilines is 1. The van der Waals surface area contributed by atoms with E-state index in [2.05, 4.69) is 68.7 Å². The standard InChI is InChI=1S/C25H33N5O2.HI/c1-3-19-10-7-11-21(14-19)28-24(31)15-27-25(26-2)30-17-22-23(18-30)32-13-12-29(22)16-20-8-5-4-6-9-20;/h4-11,14,22-23H,3,12-13,15-18H2,1-2H3,(H,26,27)(H,28,31);1H. The van der Waals surface area contributed by atoms with Gasteiger partial charge in [-0.15, -0.1) is 24.0 Å². The molecule has 2 aliphatic heterocycles. The number of likely N-dealkylation sites (tertiary alicyclic amines) is 1. The number of nitrogens with zero attached hydrogens (tertiary/aromatic N) is 3. The van der Waals surface area contributed by atoms with Gasteiger partial charge in [-0.25, -0.2) is 0 Å². The predicted octanol–water partition coefficient (Wildman–Crippen LogP) is 2.97. The fourth-order valence-electron chi connectivity index (χ4n) is 4.51. The van der Waals surface area contributed by atoms with Crippen molar-refractivity contribution in [1.29, 1.82) is 0 Å². The Morgan fingerprint density at radius 1 is 1.12 bits per heavy atom. The van der Waals surface area contributed by atoms with Gasteiger partial charge in [0, 0.05) is 38.9 Å². The highest BCUT2D eigenvalue weighted by molar-refractivity contribution is 14.0. The first-order chi connectivity index (χ1) is 15.7. The number of nitrogens with one attached hydrogen (secondary N) is 2. The highest BCUT2D eigenvalue weighted by Gasteiger charge is 2.41. The molecule has 1 amide bonds. The van der Waals surface area contributed by atoms with Crippen LogP contribution in [0.3, 0.4) is 0 Å². The Morgan fingerprint density at radius 3 is 2.67 bits per heavy atom. The number of guanidine groups is 1. The SMILES string of the molecule is CCc1cccc(NC(=O)CNC(=NC)N2CC3OCCN(Cc4ccccc4)C3C2)c1.I. The third-order valence-electron chi connectivity index (χ3n) is 6.18. The molecule has 2 aromatic carbocycles. The minimum atomic E-state index is -0.0852. The minimum Gasteiger partial charge on any atom is -0.373 e. The Labute approximate surface area is 213 Å². The molecule has 0 radical (unpaired) electrons. The van der Waals surface area contributed by atoms with Gasteiger partial charge in [-0.1, -0.05) is 49.4 Å². The number of carbonyl (C=O) groups is 1. The van der Waals surface area contributed by atoms with E-state index in [0.717, 1.165) is 50.9 Å². The van der Waals surface area contributed by atoms with E-state index in [1.54, 1.807) is 7.05 Å². The molecule has 2 aromatic rings. The molecule has 0 bridgehead atoms. The summed E-state index contributed by atoms with van der Waals surface area (Å²) in [4.78, 5) is 21.6. The molecule has 0 saturated carbocycles. The van der Waals surface area contributed by atoms with Gasteiger partial charge < -0.3 is 20.3 Å². The number of morpholine rings is 1. The van der Waals surface area contributed by atoms with Crippen molar-refractivity contribution in [2.45, 2.75) is 32.0 Å². The first-order valence-electron chi connectivity index (χ1n) is 11.4. The van der Waals surface area contributed by atoms with E-state index in [-0.39, 0.29) is 42.5 Å². The summed E-state index contributed by atoms with van der Waals surface area (Å²) >= 11 is 0. The Kier molecular flexibility index (Phi) is 9.52. The number of hydrogen-bond donors (Lipinski definition) is 2. The molecule has 2 fully saturated rings. The van der Waals surface area contributed by atoms with Gasteiger partial charge in [-0.05, 0) is 29.7 Å². The number of carbonyl (C=O) groups excluding carboxylic acids is 1. The third kappa shape index (κ3) is 6.68. The molecule has 2 N–H and O–H groups in total. The quantitative estimate of drug-likeness (QED) is 0.322. The molecular formula is C25H34IN5O2. The minimum absolute atomic E-state index is 0. The van der Waals surface area contributed by atoms with Crippen molar-refractivity contribution in [2.75, 3.05) is 45.2 Å². The molecule has 0 spiro atoms. The number of fused-ring (bicyclic) bond motifs is 1.